The van der Waals surface area contributed by atoms with E-state index >= 15 is 0 Å². The summed E-state index contributed by atoms with van der Waals surface area (Å²) < 4.78 is 10.5. The molecule has 0 unspecified atom stereocenters. The molecular formula is C19H16ClNO4. The number of carbonyl (C=O) groups excluding carboxylic acids is 2. The van der Waals surface area contributed by atoms with Crippen LogP contribution < -0.4 is 5.32 Å². The number of halogens is 1. The fourth-order valence-corrected chi connectivity index (χ4v) is 2.63. The molecule has 0 aliphatic carbocycles. The van der Waals surface area contributed by atoms with Crippen molar-refractivity contribution in [2.75, 3.05) is 11.9 Å². The number of hydrogen-bond donors (Lipinski definition) is 1. The van der Waals surface area contributed by atoms with Crippen LogP contribution in [0.1, 0.15) is 11.1 Å². The van der Waals surface area contributed by atoms with Crippen molar-refractivity contribution in [2.45, 2.75) is 13.3 Å². The van der Waals surface area contributed by atoms with Crippen LogP contribution in [0.2, 0.25) is 5.02 Å². The van der Waals surface area contributed by atoms with E-state index in [1.165, 1.54) is 6.26 Å². The summed E-state index contributed by atoms with van der Waals surface area (Å²) in [6.45, 7) is 1.61. The Labute approximate surface area is 149 Å². The molecule has 5 nitrogen and oxygen atoms in total. The van der Waals surface area contributed by atoms with Gasteiger partial charge < -0.3 is 14.5 Å². The highest BCUT2D eigenvalue weighted by atomic mass is 35.5. The Morgan fingerprint density at radius 3 is 2.84 bits per heavy atom. The topological polar surface area (TPSA) is 68.5 Å². The number of carbonyl (C=O) groups is 2. The number of nitrogens with one attached hydrogen (secondary N) is 1. The molecule has 0 aliphatic heterocycles. The average Bonchev–Trinajstić information content (AvgIpc) is 2.95. The van der Waals surface area contributed by atoms with E-state index < -0.39 is 11.9 Å². The predicted molar refractivity (Wildman–Crippen MR) is 95.7 cm³/mol. The summed E-state index contributed by atoms with van der Waals surface area (Å²) in [5.74, 6) is -0.923. The number of amides is 1. The Kier molecular flexibility index (Phi) is 5.05. The molecular weight excluding hydrogens is 342 g/mol. The summed E-state index contributed by atoms with van der Waals surface area (Å²) in [6.07, 6.45) is 1.58. The monoisotopic (exact) mass is 357 g/mol. The van der Waals surface area contributed by atoms with Gasteiger partial charge in [0, 0.05) is 21.7 Å². The molecule has 0 atom stereocenters. The molecule has 2 aromatic carbocycles. The fraction of sp³-hybridized carbons (Fsp3) is 0.158. The van der Waals surface area contributed by atoms with E-state index in [1.807, 2.05) is 25.1 Å². The zero-order valence-corrected chi connectivity index (χ0v) is 14.3. The minimum Gasteiger partial charge on any atom is -0.464 e. The van der Waals surface area contributed by atoms with Crippen molar-refractivity contribution in [1.82, 2.24) is 0 Å². The van der Waals surface area contributed by atoms with Crippen molar-refractivity contribution in [2.24, 2.45) is 0 Å². The van der Waals surface area contributed by atoms with Crippen LogP contribution in [0.5, 0.6) is 0 Å². The van der Waals surface area contributed by atoms with Crippen LogP contribution in [-0.4, -0.2) is 18.5 Å². The quantitative estimate of drug-likeness (QED) is 0.697. The smallest absolute Gasteiger partial charge is 0.310 e. The van der Waals surface area contributed by atoms with Gasteiger partial charge in [-0.1, -0.05) is 29.8 Å². The van der Waals surface area contributed by atoms with E-state index in [9.17, 15) is 9.59 Å². The lowest BCUT2D eigenvalue weighted by Gasteiger charge is -2.06. The molecule has 0 fully saturated rings. The van der Waals surface area contributed by atoms with Crippen LogP contribution in [0.4, 0.5) is 5.69 Å². The first-order valence-electron chi connectivity index (χ1n) is 7.69. The molecule has 25 heavy (non-hydrogen) atoms. The number of ether oxygens (including phenoxy) is 1. The largest absolute Gasteiger partial charge is 0.464 e. The highest BCUT2D eigenvalue weighted by molar-refractivity contribution is 6.30. The van der Waals surface area contributed by atoms with Gasteiger partial charge in [0.15, 0.2) is 6.61 Å². The van der Waals surface area contributed by atoms with Crippen LogP contribution in [0, 0.1) is 6.92 Å². The van der Waals surface area contributed by atoms with Crippen LogP contribution in [0.3, 0.4) is 0 Å². The molecule has 0 bridgehead atoms. The van der Waals surface area contributed by atoms with Crippen LogP contribution in [0.25, 0.3) is 11.0 Å². The van der Waals surface area contributed by atoms with Gasteiger partial charge in [-0.3, -0.25) is 9.59 Å². The molecule has 1 heterocycles. The van der Waals surface area contributed by atoms with Crippen molar-refractivity contribution in [3.8, 4) is 0 Å². The van der Waals surface area contributed by atoms with Crippen molar-refractivity contribution < 1.29 is 18.7 Å². The number of hydrogen-bond acceptors (Lipinski definition) is 4. The predicted octanol–water partition coefficient (Wildman–Crippen LogP) is 4.12. The number of esters is 1. The van der Waals surface area contributed by atoms with Crippen LogP contribution >= 0.6 is 11.6 Å². The normalized spacial score (nSPS) is 10.6. The lowest BCUT2D eigenvalue weighted by molar-refractivity contribution is -0.146. The van der Waals surface area contributed by atoms with Gasteiger partial charge in [0.05, 0.1) is 12.7 Å². The van der Waals surface area contributed by atoms with Gasteiger partial charge in [-0.05, 0) is 36.8 Å². The number of benzene rings is 2. The number of furan rings is 1. The standard InChI is InChI=1S/C19H16ClNO4/c1-12-5-6-16-13(10-24-17(16)7-12)8-19(23)25-11-18(22)21-15-4-2-3-14(20)9-15/h2-7,9-10H,8,11H2,1H3,(H,21,22). The molecule has 3 rings (SSSR count). The van der Waals surface area contributed by atoms with Gasteiger partial charge in [-0.25, -0.2) is 0 Å². The maximum Gasteiger partial charge on any atom is 0.310 e. The number of anilines is 1. The van der Waals surface area contributed by atoms with E-state index in [-0.39, 0.29) is 13.0 Å². The van der Waals surface area contributed by atoms with E-state index in [0.29, 0.717) is 10.7 Å². The van der Waals surface area contributed by atoms with E-state index in [2.05, 4.69) is 5.32 Å². The van der Waals surface area contributed by atoms with E-state index in [0.717, 1.165) is 22.1 Å². The van der Waals surface area contributed by atoms with Crippen molar-refractivity contribution in [3.63, 3.8) is 0 Å². The van der Waals surface area contributed by atoms with Crippen LogP contribution in [0.15, 0.2) is 53.1 Å². The maximum atomic E-state index is 12.0. The first-order chi connectivity index (χ1) is 12.0. The average molecular weight is 358 g/mol. The number of fused-ring (bicyclic) bond motifs is 1. The van der Waals surface area contributed by atoms with Gasteiger partial charge in [-0.2, -0.15) is 0 Å². The van der Waals surface area contributed by atoms with Gasteiger partial charge in [0.1, 0.15) is 5.58 Å². The zero-order chi connectivity index (χ0) is 17.8. The number of aryl methyl sites for hydroxylation is 1. The molecule has 0 aliphatic rings. The van der Waals surface area contributed by atoms with Crippen LogP contribution in [-0.2, 0) is 20.7 Å². The summed E-state index contributed by atoms with van der Waals surface area (Å²) in [6, 6.07) is 12.5. The lowest BCUT2D eigenvalue weighted by atomic mass is 10.1. The second kappa shape index (κ2) is 7.40. The molecule has 1 aromatic heterocycles. The van der Waals surface area contributed by atoms with Crippen molar-refractivity contribution >= 4 is 40.1 Å². The number of rotatable bonds is 5. The Balaban J connectivity index is 1.54. The summed E-state index contributed by atoms with van der Waals surface area (Å²) in [4.78, 5) is 23.8. The zero-order valence-electron chi connectivity index (χ0n) is 13.5. The van der Waals surface area contributed by atoms with E-state index in [1.54, 1.807) is 24.3 Å². The SMILES string of the molecule is Cc1ccc2c(CC(=O)OCC(=O)Nc3cccc(Cl)c3)coc2c1. The Hall–Kier alpha value is -2.79. The third-order valence-electron chi connectivity index (χ3n) is 3.62. The molecule has 128 valence electrons. The second-order valence-corrected chi connectivity index (χ2v) is 6.09. The summed E-state index contributed by atoms with van der Waals surface area (Å²) in [7, 11) is 0. The Morgan fingerprint density at radius 1 is 1.20 bits per heavy atom. The molecule has 1 amide bonds. The third kappa shape index (κ3) is 4.39. The highest BCUT2D eigenvalue weighted by Crippen LogP contribution is 2.23. The minimum atomic E-state index is -0.496. The molecule has 1 N–H and O–H groups in total. The first kappa shape index (κ1) is 17.0. The van der Waals surface area contributed by atoms with Gasteiger partial charge >= 0.3 is 5.97 Å². The summed E-state index contributed by atoms with van der Waals surface area (Å²) in [5.41, 5.74) is 3.08. The van der Waals surface area contributed by atoms with Gasteiger partial charge in [0.25, 0.3) is 5.91 Å². The Bertz CT molecular complexity index is 932. The lowest BCUT2D eigenvalue weighted by Crippen LogP contribution is -2.21. The van der Waals surface area contributed by atoms with Gasteiger partial charge in [-0.15, -0.1) is 0 Å². The van der Waals surface area contributed by atoms with Gasteiger partial charge in [0.2, 0.25) is 0 Å². The maximum absolute atomic E-state index is 12.0. The summed E-state index contributed by atoms with van der Waals surface area (Å²) in [5, 5.41) is 3.99. The van der Waals surface area contributed by atoms with Crippen molar-refractivity contribution in [1.29, 1.82) is 0 Å². The second-order valence-electron chi connectivity index (χ2n) is 5.66. The third-order valence-corrected chi connectivity index (χ3v) is 3.85. The first-order valence-corrected chi connectivity index (χ1v) is 8.07. The van der Waals surface area contributed by atoms with E-state index in [4.69, 9.17) is 20.8 Å². The highest BCUT2D eigenvalue weighted by Gasteiger charge is 2.13. The minimum absolute atomic E-state index is 0.0422. The fourth-order valence-electron chi connectivity index (χ4n) is 2.44. The Morgan fingerprint density at radius 2 is 2.04 bits per heavy atom. The molecule has 6 heteroatoms. The molecule has 0 saturated carbocycles. The molecule has 0 saturated heterocycles. The molecule has 0 radical (unpaired) electrons. The molecule has 0 spiro atoms. The van der Waals surface area contributed by atoms with Crippen molar-refractivity contribution in [3.05, 3.63) is 64.9 Å². The molecule has 3 aromatic rings. The summed E-state index contributed by atoms with van der Waals surface area (Å²) >= 11 is 5.85.